The van der Waals surface area contributed by atoms with Crippen molar-refractivity contribution < 1.29 is 13.9 Å². The lowest BCUT2D eigenvalue weighted by Crippen LogP contribution is -2.36. The number of hydrogen-bond donors (Lipinski definition) is 1. The quantitative estimate of drug-likeness (QED) is 0.640. The second kappa shape index (κ2) is 8.71. The molecule has 0 saturated carbocycles. The smallest absolute Gasteiger partial charge is 0.307 e. The number of hydrogen-bond acceptors (Lipinski definition) is 5. The molecule has 1 aliphatic heterocycles. The fourth-order valence-corrected chi connectivity index (χ4v) is 3.55. The van der Waals surface area contributed by atoms with Crippen LogP contribution >= 0.6 is 0 Å². The van der Waals surface area contributed by atoms with Crippen molar-refractivity contribution in [3.05, 3.63) is 76.9 Å². The van der Waals surface area contributed by atoms with Crippen LogP contribution in [0.2, 0.25) is 0 Å². The molecule has 6 nitrogen and oxygen atoms in total. The van der Waals surface area contributed by atoms with Crippen LogP contribution in [0.5, 0.6) is 0 Å². The first kappa shape index (κ1) is 18.3. The van der Waals surface area contributed by atoms with E-state index < -0.39 is 0 Å². The molecule has 1 fully saturated rings. The third-order valence-electron chi connectivity index (χ3n) is 4.87. The lowest BCUT2D eigenvalue weighted by atomic mass is 10.1. The Hall–Kier alpha value is -3.12. The van der Waals surface area contributed by atoms with Crippen molar-refractivity contribution in [1.82, 2.24) is 10.3 Å². The Labute approximate surface area is 164 Å². The Morgan fingerprint density at radius 1 is 1.07 bits per heavy atom. The highest BCUT2D eigenvalue weighted by atomic mass is 16.5. The Balaban J connectivity index is 1.57. The van der Waals surface area contributed by atoms with Gasteiger partial charge >= 0.3 is 5.91 Å². The minimum atomic E-state index is -0.354. The van der Waals surface area contributed by atoms with Gasteiger partial charge in [-0.15, -0.1) is 0 Å². The van der Waals surface area contributed by atoms with Crippen LogP contribution in [0.3, 0.4) is 0 Å². The highest BCUT2D eigenvalue weighted by molar-refractivity contribution is 5.92. The average molecular weight is 377 g/mol. The van der Waals surface area contributed by atoms with Crippen molar-refractivity contribution in [3.63, 3.8) is 0 Å². The Kier molecular flexibility index (Phi) is 5.68. The average Bonchev–Trinajstić information content (AvgIpc) is 3.40. The summed E-state index contributed by atoms with van der Waals surface area (Å²) < 4.78 is 10.6. The van der Waals surface area contributed by atoms with Crippen LogP contribution in [0.25, 0.3) is 6.08 Å². The van der Waals surface area contributed by atoms with Crippen LogP contribution in [0, 0.1) is 0 Å². The van der Waals surface area contributed by atoms with Gasteiger partial charge in [0.25, 0.3) is 0 Å². The maximum atomic E-state index is 12.0. The van der Waals surface area contributed by atoms with Crippen molar-refractivity contribution in [2.75, 3.05) is 26.3 Å². The monoisotopic (exact) mass is 377 g/mol. The number of furan rings is 1. The van der Waals surface area contributed by atoms with Crippen molar-refractivity contribution in [2.45, 2.75) is 12.8 Å². The number of ether oxygens (including phenoxy) is 1. The minimum Gasteiger partial charge on any atom is -0.459 e. The van der Waals surface area contributed by atoms with E-state index in [-0.39, 0.29) is 11.7 Å². The summed E-state index contributed by atoms with van der Waals surface area (Å²) in [5, 5.41) is 4.17. The summed E-state index contributed by atoms with van der Waals surface area (Å²) in [5.74, 6) is -0.108. The Morgan fingerprint density at radius 2 is 1.89 bits per heavy atom. The maximum absolute atomic E-state index is 12.0. The van der Waals surface area contributed by atoms with Crippen LogP contribution in [-0.2, 0) is 4.74 Å². The lowest BCUT2D eigenvalue weighted by Gasteiger charge is -2.31. The normalized spacial score (nSPS) is 19.0. The van der Waals surface area contributed by atoms with Gasteiger partial charge in [0, 0.05) is 18.8 Å². The zero-order valence-corrected chi connectivity index (χ0v) is 15.6. The van der Waals surface area contributed by atoms with Gasteiger partial charge in [-0.05, 0) is 47.8 Å². The number of nitrogens with zero attached hydrogens (tertiary/aromatic N) is 2. The Morgan fingerprint density at radius 3 is 2.64 bits per heavy atom. The zero-order valence-electron chi connectivity index (χ0n) is 15.6. The van der Waals surface area contributed by atoms with E-state index in [9.17, 15) is 4.79 Å². The number of hydrazone groups is 1. The minimum absolute atomic E-state index is 0.246. The summed E-state index contributed by atoms with van der Waals surface area (Å²) in [4.78, 5) is 14.4. The summed E-state index contributed by atoms with van der Waals surface area (Å²) in [6, 6.07) is 13.6. The van der Waals surface area contributed by atoms with Gasteiger partial charge in [0.15, 0.2) is 5.76 Å². The molecule has 2 heterocycles. The van der Waals surface area contributed by atoms with Gasteiger partial charge in [-0.3, -0.25) is 4.79 Å². The van der Waals surface area contributed by atoms with Crippen molar-refractivity contribution in [3.8, 4) is 0 Å². The topological polar surface area (TPSA) is 67.1 Å². The number of carbonyl (C=O) groups is 1. The summed E-state index contributed by atoms with van der Waals surface area (Å²) in [5.41, 5.74) is 7.37. The first-order valence-corrected chi connectivity index (χ1v) is 9.50. The molecule has 4 rings (SSSR count). The predicted octanol–water partition coefficient (Wildman–Crippen LogP) is 3.46. The van der Waals surface area contributed by atoms with Crippen LogP contribution in [0.1, 0.15) is 29.0 Å². The van der Waals surface area contributed by atoms with Gasteiger partial charge in [0.05, 0.1) is 25.7 Å². The molecule has 1 aliphatic carbocycles. The number of benzene rings is 1. The van der Waals surface area contributed by atoms with Crippen LogP contribution in [0.4, 0.5) is 0 Å². The number of amides is 1. The molecular weight excluding hydrogens is 354 g/mol. The van der Waals surface area contributed by atoms with E-state index in [4.69, 9.17) is 9.15 Å². The molecule has 1 amide bonds. The highest BCUT2D eigenvalue weighted by Crippen LogP contribution is 2.34. The third-order valence-corrected chi connectivity index (χ3v) is 4.87. The molecule has 28 heavy (non-hydrogen) atoms. The molecule has 0 radical (unpaired) electrons. The lowest BCUT2D eigenvalue weighted by molar-refractivity contribution is 0.0548. The first-order chi connectivity index (χ1) is 13.8. The second-order valence-corrected chi connectivity index (χ2v) is 6.73. The summed E-state index contributed by atoms with van der Waals surface area (Å²) in [6.07, 6.45) is 7.32. The fourth-order valence-electron chi connectivity index (χ4n) is 3.55. The van der Waals surface area contributed by atoms with Crippen LogP contribution in [0.15, 0.2) is 75.1 Å². The molecule has 0 bridgehead atoms. The number of carbonyl (C=O) groups excluding carboxylic acids is 1. The van der Waals surface area contributed by atoms with Crippen molar-refractivity contribution >= 4 is 18.2 Å². The molecule has 2 aromatic rings. The van der Waals surface area contributed by atoms with E-state index in [1.165, 1.54) is 23.1 Å². The summed E-state index contributed by atoms with van der Waals surface area (Å²) in [6.45, 7) is 3.17. The molecule has 1 aromatic heterocycles. The molecule has 144 valence electrons. The fraction of sp³-hybridized carbons (Fsp3) is 0.273. The summed E-state index contributed by atoms with van der Waals surface area (Å²) >= 11 is 0. The summed E-state index contributed by atoms with van der Waals surface area (Å²) in [7, 11) is 0. The van der Waals surface area contributed by atoms with Gasteiger partial charge in [-0.25, -0.2) is 5.43 Å². The number of morpholine rings is 1. The molecule has 1 saturated heterocycles. The van der Waals surface area contributed by atoms with Gasteiger partial charge in [0.1, 0.15) is 0 Å². The highest BCUT2D eigenvalue weighted by Gasteiger charge is 2.25. The van der Waals surface area contributed by atoms with E-state index in [2.05, 4.69) is 33.6 Å². The molecule has 2 aliphatic rings. The van der Waals surface area contributed by atoms with E-state index in [0.29, 0.717) is 0 Å². The molecular formula is C22H23N3O3. The molecule has 0 atom stereocenters. The first-order valence-electron chi connectivity index (χ1n) is 9.50. The van der Waals surface area contributed by atoms with E-state index in [1.807, 2.05) is 18.2 Å². The molecule has 1 aromatic carbocycles. The number of nitrogens with one attached hydrogen (secondary N) is 1. The largest absolute Gasteiger partial charge is 0.459 e. The van der Waals surface area contributed by atoms with Crippen molar-refractivity contribution in [1.29, 1.82) is 0 Å². The molecule has 1 N–H and O–H groups in total. The van der Waals surface area contributed by atoms with Gasteiger partial charge in [-0.2, -0.15) is 5.10 Å². The predicted molar refractivity (Wildman–Crippen MR) is 108 cm³/mol. The molecule has 0 unspecified atom stereocenters. The SMILES string of the molecule is O=C(N/N=C/C1=C(N2CCOCC2)C(=C\c2ccccc2)/CC1)c1ccco1. The van der Waals surface area contributed by atoms with Gasteiger partial charge in [-0.1, -0.05) is 30.3 Å². The van der Waals surface area contributed by atoms with Crippen LogP contribution < -0.4 is 5.43 Å². The van der Waals surface area contributed by atoms with Gasteiger partial charge in [0.2, 0.25) is 0 Å². The van der Waals surface area contributed by atoms with Crippen molar-refractivity contribution in [2.24, 2.45) is 5.10 Å². The zero-order chi connectivity index (χ0) is 19.2. The second-order valence-electron chi connectivity index (χ2n) is 6.73. The van der Waals surface area contributed by atoms with Gasteiger partial charge < -0.3 is 14.1 Å². The van der Waals surface area contributed by atoms with E-state index >= 15 is 0 Å². The molecule has 0 spiro atoms. The van der Waals surface area contributed by atoms with Crippen LogP contribution in [-0.4, -0.2) is 43.3 Å². The number of rotatable bonds is 5. The Bertz CT molecular complexity index is 892. The number of allylic oxidation sites excluding steroid dienone is 2. The maximum Gasteiger partial charge on any atom is 0.307 e. The molecule has 6 heteroatoms. The van der Waals surface area contributed by atoms with E-state index in [1.54, 1.807) is 18.3 Å². The third kappa shape index (κ3) is 4.23. The van der Waals surface area contributed by atoms with E-state index in [0.717, 1.165) is 44.7 Å². The standard InChI is InChI=1S/C22H23N3O3/c26-22(20-7-4-12-28-20)24-23-16-19-9-8-18(15-17-5-2-1-3-6-17)21(19)25-10-13-27-14-11-25/h1-7,12,15-16H,8-11,13-14H2,(H,24,26)/b18-15-,23-16+.